The maximum atomic E-state index is 11.4. The molecule has 1 aliphatic carbocycles. The highest BCUT2D eigenvalue weighted by Crippen LogP contribution is 2.28. The number of amides is 1. The molecule has 0 unspecified atom stereocenters. The van der Waals surface area contributed by atoms with Crippen LogP contribution < -0.4 is 10.6 Å². The van der Waals surface area contributed by atoms with E-state index in [0.717, 1.165) is 25.9 Å². The number of carbonyl (C=O) groups excluding carboxylic acids is 1. The predicted molar refractivity (Wildman–Crippen MR) is 67.3 cm³/mol. The van der Waals surface area contributed by atoms with Crippen LogP contribution in [-0.4, -0.2) is 25.0 Å². The molecule has 0 aromatic rings. The fourth-order valence-electron chi connectivity index (χ4n) is 2.00. The largest absolute Gasteiger partial charge is 0.355 e. The number of carbonyl (C=O) groups is 1. The van der Waals surface area contributed by atoms with E-state index in [2.05, 4.69) is 24.5 Å². The lowest BCUT2D eigenvalue weighted by molar-refractivity contribution is -0.122. The van der Waals surface area contributed by atoms with E-state index < -0.39 is 0 Å². The van der Waals surface area contributed by atoms with Crippen LogP contribution in [0.4, 0.5) is 0 Å². The molecule has 0 bridgehead atoms. The third-order valence-corrected chi connectivity index (χ3v) is 3.08. The van der Waals surface area contributed by atoms with Crippen LogP contribution in [0.3, 0.4) is 0 Å². The standard InChI is InChI=1S/C13H26N2O/c1-3-5-12(6-4-2)14-9-10-15-13(16)11-7-8-11/h11-12,14H,3-10H2,1-2H3,(H,15,16). The van der Waals surface area contributed by atoms with Crippen molar-refractivity contribution in [3.05, 3.63) is 0 Å². The normalized spacial score (nSPS) is 15.4. The molecule has 1 fully saturated rings. The van der Waals surface area contributed by atoms with E-state index in [1.165, 1.54) is 25.7 Å². The molecule has 0 radical (unpaired) electrons. The zero-order chi connectivity index (χ0) is 11.8. The molecule has 1 amide bonds. The van der Waals surface area contributed by atoms with Gasteiger partial charge in [0.1, 0.15) is 0 Å². The van der Waals surface area contributed by atoms with E-state index >= 15 is 0 Å². The fraction of sp³-hybridized carbons (Fsp3) is 0.923. The summed E-state index contributed by atoms with van der Waals surface area (Å²) in [6, 6.07) is 0.632. The summed E-state index contributed by atoms with van der Waals surface area (Å²) in [7, 11) is 0. The molecular weight excluding hydrogens is 200 g/mol. The molecule has 0 aliphatic heterocycles. The van der Waals surface area contributed by atoms with Gasteiger partial charge < -0.3 is 10.6 Å². The monoisotopic (exact) mass is 226 g/mol. The molecule has 1 saturated carbocycles. The van der Waals surface area contributed by atoms with Crippen molar-refractivity contribution in [3.8, 4) is 0 Å². The first kappa shape index (κ1) is 13.5. The molecule has 3 heteroatoms. The van der Waals surface area contributed by atoms with Gasteiger partial charge in [0.05, 0.1) is 0 Å². The van der Waals surface area contributed by atoms with Crippen molar-refractivity contribution in [2.45, 2.75) is 58.4 Å². The van der Waals surface area contributed by atoms with Crippen molar-refractivity contribution in [2.24, 2.45) is 5.92 Å². The maximum absolute atomic E-state index is 11.4. The van der Waals surface area contributed by atoms with Crippen LogP contribution in [0, 0.1) is 5.92 Å². The van der Waals surface area contributed by atoms with Crippen molar-refractivity contribution >= 4 is 5.91 Å². The number of hydrogen-bond acceptors (Lipinski definition) is 2. The van der Waals surface area contributed by atoms with Gasteiger partial charge in [-0.25, -0.2) is 0 Å². The summed E-state index contributed by atoms with van der Waals surface area (Å²) in [5.41, 5.74) is 0. The van der Waals surface area contributed by atoms with E-state index in [1.807, 2.05) is 0 Å². The highest BCUT2D eigenvalue weighted by molar-refractivity contribution is 5.80. The van der Waals surface area contributed by atoms with E-state index in [4.69, 9.17) is 0 Å². The van der Waals surface area contributed by atoms with Gasteiger partial charge in [-0.15, -0.1) is 0 Å². The van der Waals surface area contributed by atoms with Crippen LogP contribution in [0.5, 0.6) is 0 Å². The lowest BCUT2D eigenvalue weighted by atomic mass is 10.1. The molecule has 0 spiro atoms. The van der Waals surface area contributed by atoms with Gasteiger partial charge in [0, 0.05) is 25.0 Å². The quantitative estimate of drug-likeness (QED) is 0.591. The summed E-state index contributed by atoms with van der Waals surface area (Å²) in [6.45, 7) is 6.13. The molecule has 1 rings (SSSR count). The first-order chi connectivity index (χ1) is 7.77. The second-order valence-electron chi connectivity index (χ2n) is 4.79. The van der Waals surface area contributed by atoms with E-state index in [9.17, 15) is 4.79 Å². The van der Waals surface area contributed by atoms with Gasteiger partial charge in [0.2, 0.25) is 5.91 Å². The van der Waals surface area contributed by atoms with Crippen molar-refractivity contribution in [1.29, 1.82) is 0 Å². The summed E-state index contributed by atoms with van der Waals surface area (Å²) < 4.78 is 0. The van der Waals surface area contributed by atoms with E-state index in [1.54, 1.807) is 0 Å². The Bertz CT molecular complexity index is 196. The Morgan fingerprint density at radius 3 is 2.31 bits per heavy atom. The summed E-state index contributed by atoms with van der Waals surface area (Å²) in [6.07, 6.45) is 7.12. The van der Waals surface area contributed by atoms with Crippen LogP contribution in [0.2, 0.25) is 0 Å². The topological polar surface area (TPSA) is 41.1 Å². The Kier molecular flexibility index (Phi) is 6.46. The van der Waals surface area contributed by atoms with Crippen LogP contribution in [-0.2, 0) is 4.79 Å². The average Bonchev–Trinajstić information content (AvgIpc) is 3.08. The van der Waals surface area contributed by atoms with Crippen molar-refractivity contribution in [2.75, 3.05) is 13.1 Å². The van der Waals surface area contributed by atoms with Crippen LogP contribution in [0.1, 0.15) is 52.4 Å². The smallest absolute Gasteiger partial charge is 0.223 e. The first-order valence-corrected chi connectivity index (χ1v) is 6.79. The molecule has 0 saturated heterocycles. The number of hydrogen-bond donors (Lipinski definition) is 2. The zero-order valence-electron chi connectivity index (χ0n) is 10.7. The van der Waals surface area contributed by atoms with Crippen LogP contribution >= 0.6 is 0 Å². The van der Waals surface area contributed by atoms with Gasteiger partial charge in [-0.3, -0.25) is 4.79 Å². The molecule has 0 atom stereocenters. The zero-order valence-corrected chi connectivity index (χ0v) is 10.7. The summed E-state index contributed by atoms with van der Waals surface area (Å²) in [5, 5.41) is 6.50. The number of nitrogens with one attached hydrogen (secondary N) is 2. The Balaban J connectivity index is 2.00. The molecule has 16 heavy (non-hydrogen) atoms. The van der Waals surface area contributed by atoms with Gasteiger partial charge in [-0.2, -0.15) is 0 Å². The lowest BCUT2D eigenvalue weighted by Gasteiger charge is -2.17. The molecule has 0 aromatic carbocycles. The van der Waals surface area contributed by atoms with Crippen molar-refractivity contribution < 1.29 is 4.79 Å². The lowest BCUT2D eigenvalue weighted by Crippen LogP contribution is -2.37. The first-order valence-electron chi connectivity index (χ1n) is 6.79. The highest BCUT2D eigenvalue weighted by atomic mass is 16.2. The van der Waals surface area contributed by atoms with E-state index in [0.29, 0.717) is 12.0 Å². The SMILES string of the molecule is CCCC(CCC)NCCNC(=O)C1CC1. The summed E-state index contributed by atoms with van der Waals surface area (Å²) in [5.74, 6) is 0.589. The van der Waals surface area contributed by atoms with Gasteiger partial charge in [-0.05, 0) is 25.7 Å². The molecule has 1 aliphatic rings. The minimum atomic E-state index is 0.254. The van der Waals surface area contributed by atoms with Gasteiger partial charge in [0.15, 0.2) is 0 Å². The number of rotatable bonds is 9. The Morgan fingerprint density at radius 2 is 1.81 bits per heavy atom. The maximum Gasteiger partial charge on any atom is 0.223 e. The van der Waals surface area contributed by atoms with Crippen LogP contribution in [0.15, 0.2) is 0 Å². The molecule has 3 nitrogen and oxygen atoms in total. The minimum absolute atomic E-state index is 0.254. The Morgan fingerprint density at radius 1 is 1.19 bits per heavy atom. The van der Waals surface area contributed by atoms with Crippen LogP contribution in [0.25, 0.3) is 0 Å². The summed E-state index contributed by atoms with van der Waals surface area (Å²) >= 11 is 0. The van der Waals surface area contributed by atoms with Crippen molar-refractivity contribution in [3.63, 3.8) is 0 Å². The second-order valence-corrected chi connectivity index (χ2v) is 4.79. The van der Waals surface area contributed by atoms with Gasteiger partial charge in [0.25, 0.3) is 0 Å². The molecule has 0 aromatic heterocycles. The molecule has 94 valence electrons. The van der Waals surface area contributed by atoms with Crippen molar-refractivity contribution in [1.82, 2.24) is 10.6 Å². The average molecular weight is 226 g/mol. The third kappa shape index (κ3) is 5.50. The second kappa shape index (κ2) is 7.66. The third-order valence-electron chi connectivity index (χ3n) is 3.08. The highest BCUT2D eigenvalue weighted by Gasteiger charge is 2.28. The van der Waals surface area contributed by atoms with E-state index in [-0.39, 0.29) is 5.91 Å². The molecular formula is C13H26N2O. The Labute approximate surface area is 99.4 Å². The van der Waals surface area contributed by atoms with Gasteiger partial charge >= 0.3 is 0 Å². The fourth-order valence-corrected chi connectivity index (χ4v) is 2.00. The minimum Gasteiger partial charge on any atom is -0.355 e. The molecule has 2 N–H and O–H groups in total. The van der Waals surface area contributed by atoms with Gasteiger partial charge in [-0.1, -0.05) is 26.7 Å². The predicted octanol–water partition coefficient (Wildman–Crippen LogP) is 2.07. The summed E-state index contributed by atoms with van der Waals surface area (Å²) in [4.78, 5) is 11.4. The molecule has 0 heterocycles. The Hall–Kier alpha value is -0.570.